The average molecular weight is 770 g/mol. The molecule has 12 aromatic rings. The first-order valence-corrected chi connectivity index (χ1v) is 20.3. The van der Waals surface area contributed by atoms with E-state index < -0.39 is 0 Å². The van der Waals surface area contributed by atoms with Crippen molar-refractivity contribution in [3.63, 3.8) is 0 Å². The van der Waals surface area contributed by atoms with Gasteiger partial charge in [-0.1, -0.05) is 129 Å². The van der Waals surface area contributed by atoms with Crippen molar-refractivity contribution in [2.45, 2.75) is 0 Å². The van der Waals surface area contributed by atoms with Gasteiger partial charge in [-0.2, -0.15) is 0 Å². The molecule has 0 N–H and O–H groups in total. The van der Waals surface area contributed by atoms with Crippen molar-refractivity contribution >= 4 is 54.4 Å². The Hall–Kier alpha value is -8.22. The molecule has 4 heterocycles. The molecule has 12 rings (SSSR count). The topological polar surface area (TPSA) is 34.4 Å². The summed E-state index contributed by atoms with van der Waals surface area (Å²) in [5, 5.41) is 7.39. The van der Waals surface area contributed by atoms with Crippen LogP contribution in [0.4, 0.5) is 0 Å². The Bertz CT molecular complexity index is 3560. The molecule has 0 amide bonds. The summed E-state index contributed by atoms with van der Waals surface area (Å²) in [7, 11) is 0. The molecular weight excluding hydrogens is 733 g/mol. The van der Waals surface area contributed by atoms with Crippen molar-refractivity contribution < 1.29 is 13.7 Å². The fourth-order valence-corrected chi connectivity index (χ4v) is 8.96. The Balaban J connectivity index is 1.02. The molecular formula is C54H37N6+3. The van der Waals surface area contributed by atoms with Gasteiger partial charge in [-0.05, 0) is 76.5 Å². The van der Waals surface area contributed by atoms with Crippen LogP contribution in [-0.2, 0) is 0 Å². The van der Waals surface area contributed by atoms with Crippen LogP contribution >= 0.6 is 0 Å². The summed E-state index contributed by atoms with van der Waals surface area (Å²) >= 11 is 0. The van der Waals surface area contributed by atoms with Crippen molar-refractivity contribution in [1.82, 2.24) is 14.1 Å². The molecule has 0 aliphatic heterocycles. The molecule has 0 saturated carbocycles. The molecule has 4 aromatic heterocycles. The molecule has 0 unspecified atom stereocenters. The molecule has 0 atom stereocenters. The SMILES string of the molecule is c1ccc(-c2ccc(-[n+]3c[n+](-c4ccccc4)c[n+](-c4ccc(-n5c6ccccc6c6cc7c8c9ccccc9ccc8n(-c8ccccc8)c7cc65)nc4)c3)cc2)cc1. The van der Waals surface area contributed by atoms with Gasteiger partial charge in [0, 0.05) is 57.6 Å². The van der Waals surface area contributed by atoms with Gasteiger partial charge in [0.2, 0.25) is 17.1 Å². The number of nitrogens with zero attached hydrogens (tertiary/aromatic N) is 6. The molecule has 8 aromatic carbocycles. The summed E-state index contributed by atoms with van der Waals surface area (Å²) in [5.41, 5.74) is 11.1. The summed E-state index contributed by atoms with van der Waals surface area (Å²) in [6.45, 7) is 0. The minimum atomic E-state index is 0.856. The molecule has 0 bridgehead atoms. The molecule has 280 valence electrons. The van der Waals surface area contributed by atoms with Crippen molar-refractivity contribution in [2.75, 3.05) is 0 Å². The summed E-state index contributed by atoms with van der Waals surface area (Å²) in [6.07, 6.45) is 8.29. The number of fused-ring (bicyclic) bond motifs is 8. The van der Waals surface area contributed by atoms with E-state index in [2.05, 4.69) is 236 Å². The first-order chi connectivity index (χ1) is 29.7. The summed E-state index contributed by atoms with van der Waals surface area (Å²) < 4.78 is 11.2. The first-order valence-electron chi connectivity index (χ1n) is 20.3. The number of pyridine rings is 1. The van der Waals surface area contributed by atoms with Crippen LogP contribution < -0.4 is 13.7 Å². The molecule has 0 radical (unpaired) electrons. The maximum atomic E-state index is 5.21. The predicted molar refractivity (Wildman–Crippen MR) is 240 cm³/mol. The lowest BCUT2D eigenvalue weighted by Crippen LogP contribution is -2.55. The van der Waals surface area contributed by atoms with E-state index in [4.69, 9.17) is 4.98 Å². The molecule has 0 saturated heterocycles. The van der Waals surface area contributed by atoms with Crippen molar-refractivity contribution in [2.24, 2.45) is 0 Å². The number of hydrogen-bond donors (Lipinski definition) is 0. The second kappa shape index (κ2) is 13.7. The molecule has 60 heavy (non-hydrogen) atoms. The van der Waals surface area contributed by atoms with Crippen LogP contribution in [-0.4, -0.2) is 14.1 Å². The van der Waals surface area contributed by atoms with E-state index in [1.54, 1.807) is 0 Å². The minimum Gasteiger partial charge on any atom is -0.309 e. The van der Waals surface area contributed by atoms with Crippen LogP contribution in [0, 0.1) is 0 Å². The fraction of sp³-hybridized carbons (Fsp3) is 0. The van der Waals surface area contributed by atoms with Crippen LogP contribution in [0.3, 0.4) is 0 Å². The Labute approximate surface area is 346 Å². The van der Waals surface area contributed by atoms with Crippen LogP contribution in [0.5, 0.6) is 0 Å². The lowest BCUT2D eigenvalue weighted by atomic mass is 10.0. The first kappa shape index (κ1) is 33.9. The monoisotopic (exact) mass is 769 g/mol. The average Bonchev–Trinajstić information content (AvgIpc) is 3.83. The number of aromatic nitrogens is 6. The second-order valence-corrected chi connectivity index (χ2v) is 15.3. The highest BCUT2D eigenvalue weighted by Crippen LogP contribution is 2.41. The molecule has 0 aliphatic carbocycles. The zero-order chi connectivity index (χ0) is 39.6. The standard InChI is InChI=1S/C54H37N6/c1-4-14-38(15-5-1)39-24-27-42(28-25-39)57-35-56(41-17-6-2-7-18-41)36-58(37-57)44-29-31-53(55-34-44)60-49-23-13-12-22-46(49)47-32-48-52(33-51(47)60)59(43-19-8-3-9-20-43)50-30-26-40-16-10-11-21-45(40)54(48)50/h1-37H/q+3. The van der Waals surface area contributed by atoms with E-state index in [0.717, 1.165) is 45.1 Å². The quantitative estimate of drug-likeness (QED) is 0.155. The van der Waals surface area contributed by atoms with Crippen molar-refractivity contribution in [3.05, 3.63) is 225 Å². The summed E-state index contributed by atoms with van der Waals surface area (Å²) in [6, 6.07) is 71.3. The largest absolute Gasteiger partial charge is 0.428 e. The van der Waals surface area contributed by atoms with Crippen molar-refractivity contribution in [1.29, 1.82) is 0 Å². The maximum Gasteiger partial charge on any atom is 0.428 e. The molecule has 0 aliphatic rings. The van der Waals surface area contributed by atoms with Crippen LogP contribution in [0.2, 0.25) is 0 Å². The number of benzene rings is 8. The van der Waals surface area contributed by atoms with Gasteiger partial charge >= 0.3 is 19.0 Å². The third kappa shape index (κ3) is 5.50. The Kier molecular flexibility index (Phi) is 7.74. The predicted octanol–water partition coefficient (Wildman–Crippen LogP) is 10.9. The number of hydrogen-bond acceptors (Lipinski definition) is 1. The summed E-state index contributed by atoms with van der Waals surface area (Å²) in [5.74, 6) is 0.856. The lowest BCUT2D eigenvalue weighted by molar-refractivity contribution is -0.858. The van der Waals surface area contributed by atoms with E-state index in [-0.39, 0.29) is 0 Å². The van der Waals surface area contributed by atoms with Gasteiger partial charge in [-0.25, -0.2) is 4.98 Å². The van der Waals surface area contributed by atoms with Gasteiger partial charge in [0.25, 0.3) is 0 Å². The maximum absolute atomic E-state index is 5.21. The van der Waals surface area contributed by atoms with E-state index in [1.807, 2.05) is 12.3 Å². The normalized spacial score (nSPS) is 11.7. The zero-order valence-corrected chi connectivity index (χ0v) is 32.5. The highest BCUT2D eigenvalue weighted by atomic mass is 15.2. The molecule has 0 spiro atoms. The third-order valence-corrected chi connectivity index (χ3v) is 11.8. The van der Waals surface area contributed by atoms with Crippen LogP contribution in [0.25, 0.3) is 94.1 Å². The van der Waals surface area contributed by atoms with E-state index >= 15 is 0 Å². The zero-order valence-electron chi connectivity index (χ0n) is 32.5. The van der Waals surface area contributed by atoms with E-state index in [0.29, 0.717) is 0 Å². The van der Waals surface area contributed by atoms with E-state index in [9.17, 15) is 0 Å². The van der Waals surface area contributed by atoms with Gasteiger partial charge in [0.15, 0.2) is 0 Å². The van der Waals surface area contributed by atoms with Crippen LogP contribution in [0.1, 0.15) is 0 Å². The molecule has 0 fully saturated rings. The highest BCUT2D eigenvalue weighted by molar-refractivity contribution is 6.25. The minimum absolute atomic E-state index is 0.856. The Morgan fingerprint density at radius 3 is 1.67 bits per heavy atom. The highest BCUT2D eigenvalue weighted by Gasteiger charge is 2.26. The second-order valence-electron chi connectivity index (χ2n) is 15.3. The fourth-order valence-electron chi connectivity index (χ4n) is 8.96. The lowest BCUT2D eigenvalue weighted by Gasteiger charge is -2.09. The third-order valence-electron chi connectivity index (χ3n) is 11.8. The van der Waals surface area contributed by atoms with Gasteiger partial charge in [-0.15, -0.1) is 0 Å². The van der Waals surface area contributed by atoms with Crippen LogP contribution in [0.15, 0.2) is 225 Å². The Morgan fingerprint density at radius 1 is 0.350 bits per heavy atom. The number of rotatable bonds is 6. The molecule has 6 nitrogen and oxygen atoms in total. The smallest absolute Gasteiger partial charge is 0.309 e. The summed E-state index contributed by atoms with van der Waals surface area (Å²) in [4.78, 5) is 5.21. The van der Waals surface area contributed by atoms with E-state index in [1.165, 1.54) is 49.0 Å². The van der Waals surface area contributed by atoms with Gasteiger partial charge < -0.3 is 4.57 Å². The molecule has 6 heteroatoms. The van der Waals surface area contributed by atoms with Crippen molar-refractivity contribution in [3.8, 4) is 39.7 Å². The van der Waals surface area contributed by atoms with Gasteiger partial charge in [0.1, 0.15) is 12.0 Å². The van der Waals surface area contributed by atoms with Gasteiger partial charge in [0.05, 0.1) is 22.1 Å². The van der Waals surface area contributed by atoms with Gasteiger partial charge in [-0.3, -0.25) is 4.57 Å². The number of para-hydroxylation sites is 3. The Morgan fingerprint density at radius 2 is 0.933 bits per heavy atom.